The zero-order valence-electron chi connectivity index (χ0n) is 15.4. The largest absolute Gasteiger partial charge is 0.497 e. The van der Waals surface area contributed by atoms with E-state index in [1.807, 2.05) is 24.3 Å². The second kappa shape index (κ2) is 8.75. The Labute approximate surface area is 166 Å². The summed E-state index contributed by atoms with van der Waals surface area (Å²) >= 11 is 1.20. The lowest BCUT2D eigenvalue weighted by Gasteiger charge is -2.12. The monoisotopic (exact) mass is 401 g/mol. The van der Waals surface area contributed by atoms with Gasteiger partial charge in [0.15, 0.2) is 5.82 Å². The predicted octanol–water partition coefficient (Wildman–Crippen LogP) is 2.60. The van der Waals surface area contributed by atoms with Gasteiger partial charge in [-0.15, -0.1) is 10.2 Å². The van der Waals surface area contributed by atoms with Gasteiger partial charge in [-0.2, -0.15) is 0 Å². The van der Waals surface area contributed by atoms with Gasteiger partial charge in [-0.05, 0) is 48.9 Å². The average molecular weight is 401 g/mol. The summed E-state index contributed by atoms with van der Waals surface area (Å²) in [7, 11) is 1.60. The quantitative estimate of drug-likeness (QED) is 0.467. The molecule has 1 heterocycles. The van der Waals surface area contributed by atoms with Crippen LogP contribution in [0, 0.1) is 5.82 Å². The van der Waals surface area contributed by atoms with Crippen LogP contribution in [0.3, 0.4) is 0 Å². The molecule has 0 radical (unpaired) electrons. The Hall–Kier alpha value is -3.07. The summed E-state index contributed by atoms with van der Waals surface area (Å²) in [6.45, 7) is 2.17. The first-order valence-corrected chi connectivity index (χ1v) is 9.39. The van der Waals surface area contributed by atoms with Crippen molar-refractivity contribution in [3.63, 3.8) is 0 Å². The lowest BCUT2D eigenvalue weighted by atomic mass is 10.2. The molecule has 0 aliphatic heterocycles. The minimum absolute atomic E-state index is 0.146. The second-order valence-corrected chi connectivity index (χ2v) is 7.32. The third kappa shape index (κ3) is 4.61. The van der Waals surface area contributed by atoms with E-state index in [-0.39, 0.29) is 11.7 Å². The molecule has 0 saturated heterocycles. The van der Waals surface area contributed by atoms with Crippen LogP contribution in [0.25, 0.3) is 11.4 Å². The number of ether oxygens (including phenoxy) is 1. The number of hydrogen-bond donors (Lipinski definition) is 2. The van der Waals surface area contributed by atoms with Crippen molar-refractivity contribution in [2.45, 2.75) is 23.9 Å². The normalized spacial score (nSPS) is 11.8. The number of thioether (sulfide) groups is 1. The Bertz CT molecular complexity index is 944. The molecule has 0 aliphatic rings. The number of nitrogens with two attached hydrogens (primary N) is 1. The third-order valence-corrected chi connectivity index (χ3v) is 5.10. The Morgan fingerprint density at radius 2 is 1.89 bits per heavy atom. The Kier molecular flexibility index (Phi) is 6.15. The van der Waals surface area contributed by atoms with Crippen LogP contribution >= 0.6 is 11.8 Å². The number of carbonyl (C=O) groups is 1. The average Bonchev–Trinajstić information content (AvgIpc) is 3.07. The molecule has 3 aromatic rings. The van der Waals surface area contributed by atoms with Crippen LogP contribution in [0.2, 0.25) is 0 Å². The van der Waals surface area contributed by atoms with E-state index < -0.39 is 5.25 Å². The number of nitrogens with zero attached hydrogens (tertiary/aromatic N) is 3. The van der Waals surface area contributed by atoms with Gasteiger partial charge in [-0.1, -0.05) is 23.9 Å². The van der Waals surface area contributed by atoms with E-state index in [4.69, 9.17) is 10.6 Å². The van der Waals surface area contributed by atoms with Crippen LogP contribution < -0.4 is 15.9 Å². The number of methoxy groups -OCH3 is 1. The zero-order chi connectivity index (χ0) is 20.1. The van der Waals surface area contributed by atoms with Crippen LogP contribution in [-0.4, -0.2) is 33.1 Å². The fraction of sp³-hybridized carbons (Fsp3) is 0.211. The molecule has 0 spiro atoms. The Balaban J connectivity index is 1.60. The highest BCUT2D eigenvalue weighted by molar-refractivity contribution is 8.00. The summed E-state index contributed by atoms with van der Waals surface area (Å²) in [4.78, 5) is 12.4. The first-order chi connectivity index (χ1) is 13.5. The maximum absolute atomic E-state index is 13.1. The van der Waals surface area contributed by atoms with Crippen molar-refractivity contribution in [3.8, 4) is 17.1 Å². The van der Waals surface area contributed by atoms with Crippen LogP contribution in [-0.2, 0) is 11.3 Å². The standard InChI is InChI=1S/C19H20FN5O2S/c1-12(18(26)22-11-13-3-9-16(27-2)10-4-13)28-19-24-23-17(25(19)21)14-5-7-15(20)8-6-14/h3-10,12H,11,21H2,1-2H3,(H,22,26)/t12-/m0/s1. The highest BCUT2D eigenvalue weighted by Gasteiger charge is 2.19. The van der Waals surface area contributed by atoms with Crippen LogP contribution in [0.4, 0.5) is 4.39 Å². The molecule has 0 fully saturated rings. The van der Waals surface area contributed by atoms with Gasteiger partial charge in [0, 0.05) is 12.1 Å². The number of nitrogen functional groups attached to an aromatic ring is 1. The minimum atomic E-state index is -0.425. The molecule has 1 amide bonds. The number of aromatic nitrogens is 3. The predicted molar refractivity (Wildman–Crippen MR) is 106 cm³/mol. The Morgan fingerprint density at radius 1 is 1.21 bits per heavy atom. The molecule has 7 nitrogen and oxygen atoms in total. The van der Waals surface area contributed by atoms with Gasteiger partial charge in [0.2, 0.25) is 11.1 Å². The summed E-state index contributed by atoms with van der Waals surface area (Å²) in [6, 6.07) is 13.3. The van der Waals surface area contributed by atoms with Crippen LogP contribution in [0.15, 0.2) is 53.7 Å². The van der Waals surface area contributed by atoms with E-state index in [0.29, 0.717) is 23.1 Å². The molecule has 3 rings (SSSR count). The van der Waals surface area contributed by atoms with Gasteiger partial charge < -0.3 is 15.9 Å². The third-order valence-electron chi connectivity index (χ3n) is 4.04. The van der Waals surface area contributed by atoms with Crippen LogP contribution in [0.5, 0.6) is 5.75 Å². The van der Waals surface area contributed by atoms with E-state index in [2.05, 4.69) is 15.5 Å². The number of benzene rings is 2. The van der Waals surface area contributed by atoms with Gasteiger partial charge in [0.1, 0.15) is 11.6 Å². The summed E-state index contributed by atoms with van der Waals surface area (Å²) in [5, 5.41) is 10.9. The van der Waals surface area contributed by atoms with Crippen molar-refractivity contribution in [2.75, 3.05) is 13.0 Å². The molecular formula is C19H20FN5O2S. The molecule has 0 aliphatic carbocycles. The van der Waals surface area contributed by atoms with Crippen molar-refractivity contribution in [1.29, 1.82) is 0 Å². The highest BCUT2D eigenvalue weighted by Crippen LogP contribution is 2.25. The molecule has 1 aromatic heterocycles. The summed E-state index contributed by atoms with van der Waals surface area (Å²) in [6.07, 6.45) is 0. The van der Waals surface area contributed by atoms with Crippen molar-refractivity contribution in [1.82, 2.24) is 20.2 Å². The van der Waals surface area contributed by atoms with Gasteiger partial charge in [-0.25, -0.2) is 9.07 Å². The number of rotatable bonds is 7. The first-order valence-electron chi connectivity index (χ1n) is 8.51. The molecule has 2 aromatic carbocycles. The summed E-state index contributed by atoms with van der Waals surface area (Å²) < 4.78 is 19.5. The van der Waals surface area contributed by atoms with Gasteiger partial charge in [-0.3, -0.25) is 4.79 Å². The summed E-state index contributed by atoms with van der Waals surface area (Å²) in [5.74, 6) is 6.72. The molecule has 1 atom stereocenters. The molecule has 3 N–H and O–H groups in total. The molecule has 28 heavy (non-hydrogen) atoms. The number of amides is 1. The lowest BCUT2D eigenvalue weighted by Crippen LogP contribution is -2.30. The SMILES string of the molecule is COc1ccc(CNC(=O)[C@H](C)Sc2nnc(-c3ccc(F)cc3)n2N)cc1. The van der Waals surface area contributed by atoms with Crippen molar-refractivity contribution in [3.05, 3.63) is 59.9 Å². The zero-order valence-corrected chi connectivity index (χ0v) is 16.2. The van der Waals surface area contributed by atoms with Gasteiger partial charge in [0.05, 0.1) is 12.4 Å². The number of hydrogen-bond acceptors (Lipinski definition) is 6. The second-order valence-electron chi connectivity index (χ2n) is 6.01. The first kappa shape index (κ1) is 19.7. The molecule has 9 heteroatoms. The van der Waals surface area contributed by atoms with Crippen molar-refractivity contribution < 1.29 is 13.9 Å². The number of halogens is 1. The van der Waals surface area contributed by atoms with Gasteiger partial charge in [0.25, 0.3) is 0 Å². The van der Waals surface area contributed by atoms with E-state index in [0.717, 1.165) is 11.3 Å². The van der Waals surface area contributed by atoms with E-state index in [1.165, 1.54) is 28.6 Å². The maximum Gasteiger partial charge on any atom is 0.233 e. The van der Waals surface area contributed by atoms with E-state index >= 15 is 0 Å². The minimum Gasteiger partial charge on any atom is -0.497 e. The van der Waals surface area contributed by atoms with E-state index in [1.54, 1.807) is 26.2 Å². The maximum atomic E-state index is 13.1. The highest BCUT2D eigenvalue weighted by atomic mass is 32.2. The fourth-order valence-corrected chi connectivity index (χ4v) is 3.24. The molecule has 0 unspecified atom stereocenters. The molecular weight excluding hydrogens is 381 g/mol. The summed E-state index contributed by atoms with van der Waals surface area (Å²) in [5.41, 5.74) is 1.60. The van der Waals surface area contributed by atoms with Gasteiger partial charge >= 0.3 is 0 Å². The Morgan fingerprint density at radius 3 is 2.54 bits per heavy atom. The molecule has 0 saturated carbocycles. The van der Waals surface area contributed by atoms with Crippen molar-refractivity contribution >= 4 is 17.7 Å². The topological polar surface area (TPSA) is 95.1 Å². The lowest BCUT2D eigenvalue weighted by molar-refractivity contribution is -0.120. The fourth-order valence-electron chi connectivity index (χ4n) is 2.44. The molecule has 0 bridgehead atoms. The molecule has 146 valence electrons. The smallest absolute Gasteiger partial charge is 0.233 e. The van der Waals surface area contributed by atoms with Crippen LogP contribution in [0.1, 0.15) is 12.5 Å². The number of nitrogens with one attached hydrogen (secondary N) is 1. The van der Waals surface area contributed by atoms with Crippen molar-refractivity contribution in [2.24, 2.45) is 0 Å². The van der Waals surface area contributed by atoms with E-state index in [9.17, 15) is 9.18 Å². The number of carbonyl (C=O) groups excluding carboxylic acids is 1.